The summed E-state index contributed by atoms with van der Waals surface area (Å²) in [5.41, 5.74) is 6.17. The number of carbonyl (C=O) groups is 2. The summed E-state index contributed by atoms with van der Waals surface area (Å²) in [6.07, 6.45) is 2.22. The smallest absolute Gasteiger partial charge is 0.247 e. The van der Waals surface area contributed by atoms with Crippen LogP contribution in [0.1, 0.15) is 32.3 Å². The second kappa shape index (κ2) is 11.3. The van der Waals surface area contributed by atoms with E-state index >= 15 is 0 Å². The van der Waals surface area contributed by atoms with Crippen LogP contribution < -0.4 is 0 Å². The molecule has 208 valence electrons. The third-order valence-electron chi connectivity index (χ3n) is 6.88. The maximum Gasteiger partial charge on any atom is 0.247 e. The number of H-pyrrole nitrogens is 1. The first kappa shape index (κ1) is 26.3. The van der Waals surface area contributed by atoms with Crippen LogP contribution in [0.5, 0.6) is 0 Å². The molecule has 7 rings (SSSR count). The highest BCUT2D eigenvalue weighted by molar-refractivity contribution is 7.98. The van der Waals surface area contributed by atoms with Crippen molar-refractivity contribution in [2.45, 2.75) is 10.9 Å². The summed E-state index contributed by atoms with van der Waals surface area (Å²) in [7, 11) is 0. The highest BCUT2D eigenvalue weighted by Crippen LogP contribution is 2.27. The van der Waals surface area contributed by atoms with Gasteiger partial charge in [-0.3, -0.25) is 9.59 Å². The van der Waals surface area contributed by atoms with Crippen molar-refractivity contribution in [3.63, 3.8) is 0 Å². The van der Waals surface area contributed by atoms with E-state index in [1.807, 2.05) is 91.0 Å². The highest BCUT2D eigenvalue weighted by Gasteiger charge is 2.19. The molecule has 43 heavy (non-hydrogen) atoms. The molecule has 9 nitrogen and oxygen atoms in total. The van der Waals surface area contributed by atoms with E-state index in [4.69, 9.17) is 4.42 Å². The lowest BCUT2D eigenvalue weighted by Gasteiger charge is -2.05. The first-order chi connectivity index (χ1) is 21.1. The molecule has 7 aromatic rings. The summed E-state index contributed by atoms with van der Waals surface area (Å²) in [6.45, 7) is 0. The quantitative estimate of drug-likeness (QED) is 0.112. The van der Waals surface area contributed by atoms with Crippen molar-refractivity contribution in [3.05, 3.63) is 132 Å². The van der Waals surface area contributed by atoms with Crippen LogP contribution in [0, 0.1) is 0 Å². The lowest BCUT2D eigenvalue weighted by Crippen LogP contribution is -2.06. The van der Waals surface area contributed by atoms with Crippen LogP contribution in [0.15, 0.2) is 119 Å². The Morgan fingerprint density at radius 2 is 1.53 bits per heavy atom. The Bertz CT molecular complexity index is 2030. The van der Waals surface area contributed by atoms with Gasteiger partial charge < -0.3 is 9.40 Å². The summed E-state index contributed by atoms with van der Waals surface area (Å²) in [4.78, 5) is 32.7. The van der Waals surface area contributed by atoms with Gasteiger partial charge in [-0.2, -0.15) is 5.10 Å². The van der Waals surface area contributed by atoms with Gasteiger partial charge in [-0.25, -0.2) is 9.67 Å². The van der Waals surface area contributed by atoms with Crippen LogP contribution in [-0.2, 0) is 5.75 Å². The van der Waals surface area contributed by atoms with Crippen molar-refractivity contribution >= 4 is 34.9 Å². The number of imidazole rings is 1. The summed E-state index contributed by atoms with van der Waals surface area (Å²) in [6, 6.07) is 32.2. The Labute approximate surface area is 249 Å². The number of nitrogens with one attached hydrogen (secondary N) is 1. The summed E-state index contributed by atoms with van der Waals surface area (Å²) in [5.74, 6) is 1.13. The van der Waals surface area contributed by atoms with Crippen LogP contribution >= 0.6 is 11.8 Å². The van der Waals surface area contributed by atoms with Crippen molar-refractivity contribution in [2.75, 3.05) is 0 Å². The zero-order chi connectivity index (χ0) is 29.2. The average molecular weight is 583 g/mol. The van der Waals surface area contributed by atoms with Crippen molar-refractivity contribution in [2.24, 2.45) is 0 Å². The Kier molecular flexibility index (Phi) is 6.94. The lowest BCUT2D eigenvalue weighted by molar-refractivity contribution is 0.102. The molecule has 0 amide bonds. The number of para-hydroxylation sites is 3. The molecule has 0 unspecified atom stereocenters. The molecule has 0 aliphatic carbocycles. The first-order valence-electron chi connectivity index (χ1n) is 13.4. The van der Waals surface area contributed by atoms with Gasteiger partial charge in [-0.1, -0.05) is 78.5 Å². The van der Waals surface area contributed by atoms with Crippen LogP contribution in [0.2, 0.25) is 0 Å². The molecule has 0 spiro atoms. The predicted molar refractivity (Wildman–Crippen MR) is 163 cm³/mol. The molecule has 0 fully saturated rings. The third kappa shape index (κ3) is 5.39. The molecule has 4 aromatic carbocycles. The fraction of sp³-hybridized carbons (Fsp3) is 0.0303. The number of rotatable bonds is 9. The zero-order valence-electron chi connectivity index (χ0n) is 22.5. The fourth-order valence-electron chi connectivity index (χ4n) is 4.68. The van der Waals surface area contributed by atoms with E-state index in [-0.39, 0.29) is 17.0 Å². The number of aromatic amines is 1. The molecule has 0 bridgehead atoms. The van der Waals surface area contributed by atoms with Crippen LogP contribution in [0.3, 0.4) is 0 Å². The first-order valence-corrected chi connectivity index (χ1v) is 14.4. The zero-order valence-corrected chi connectivity index (χ0v) is 23.4. The maximum atomic E-state index is 13.2. The van der Waals surface area contributed by atoms with Gasteiger partial charge >= 0.3 is 0 Å². The van der Waals surface area contributed by atoms with E-state index in [2.05, 4.69) is 25.3 Å². The Morgan fingerprint density at radius 1 is 0.837 bits per heavy atom. The van der Waals surface area contributed by atoms with Gasteiger partial charge in [0, 0.05) is 17.3 Å². The average Bonchev–Trinajstić information content (AvgIpc) is 3.82. The second-order valence-corrected chi connectivity index (χ2v) is 10.6. The number of fused-ring (bicyclic) bond motifs is 1. The number of carbonyl (C=O) groups excluding carboxylic acids is 2. The molecule has 0 aliphatic heterocycles. The molecule has 0 radical (unpaired) electrons. The number of hydrogen-bond donors (Lipinski definition) is 1. The van der Waals surface area contributed by atoms with Crippen LogP contribution in [-0.4, -0.2) is 42.0 Å². The minimum atomic E-state index is -0.315. The van der Waals surface area contributed by atoms with Gasteiger partial charge in [-0.05, 0) is 47.5 Å². The number of aromatic nitrogens is 6. The predicted octanol–water partition coefficient (Wildman–Crippen LogP) is 6.80. The second-order valence-electron chi connectivity index (χ2n) is 9.66. The van der Waals surface area contributed by atoms with Crippen molar-refractivity contribution in [1.29, 1.82) is 0 Å². The van der Waals surface area contributed by atoms with Crippen LogP contribution in [0.4, 0.5) is 0 Å². The molecule has 0 aliphatic rings. The number of aldehydes is 1. The number of nitrogens with zero attached hydrogens (tertiary/aromatic N) is 5. The van der Waals surface area contributed by atoms with Gasteiger partial charge in [-0.15, -0.1) is 10.2 Å². The SMILES string of the molecule is O=Cc1cn(-c2ccccc2)nc1C(=O)c1ccc(-c2ccc(-c3nnc(CSc4nc5ccccc5[nH]4)o3)cc2)cc1. The molecule has 1 N–H and O–H groups in total. The topological polar surface area (TPSA) is 120 Å². The minimum Gasteiger partial charge on any atom is -0.420 e. The van der Waals surface area contributed by atoms with Gasteiger partial charge in [0.2, 0.25) is 17.6 Å². The molecule has 0 saturated carbocycles. The fourth-order valence-corrected chi connectivity index (χ4v) is 5.40. The molecule has 3 heterocycles. The molecule has 10 heteroatoms. The Balaban J connectivity index is 1.03. The number of benzene rings is 4. The van der Waals surface area contributed by atoms with Crippen molar-refractivity contribution in [1.82, 2.24) is 29.9 Å². The van der Waals surface area contributed by atoms with Gasteiger partial charge in [0.25, 0.3) is 0 Å². The molecule has 3 aromatic heterocycles. The van der Waals surface area contributed by atoms with E-state index in [1.165, 1.54) is 11.8 Å². The lowest BCUT2D eigenvalue weighted by atomic mass is 10.00. The maximum absolute atomic E-state index is 13.2. The van der Waals surface area contributed by atoms with Crippen molar-refractivity contribution < 1.29 is 14.0 Å². The van der Waals surface area contributed by atoms with E-state index in [1.54, 1.807) is 23.0 Å². The monoisotopic (exact) mass is 582 g/mol. The highest BCUT2D eigenvalue weighted by atomic mass is 32.2. The molecule has 0 atom stereocenters. The van der Waals surface area contributed by atoms with Gasteiger partial charge in [0.05, 0.1) is 28.0 Å². The van der Waals surface area contributed by atoms with Gasteiger partial charge in [0.1, 0.15) is 5.69 Å². The van der Waals surface area contributed by atoms with E-state index in [0.29, 0.717) is 29.4 Å². The van der Waals surface area contributed by atoms with E-state index in [9.17, 15) is 9.59 Å². The summed E-state index contributed by atoms with van der Waals surface area (Å²) < 4.78 is 7.43. The molecular weight excluding hydrogens is 560 g/mol. The largest absolute Gasteiger partial charge is 0.420 e. The van der Waals surface area contributed by atoms with E-state index in [0.717, 1.165) is 38.6 Å². The third-order valence-corrected chi connectivity index (χ3v) is 7.74. The summed E-state index contributed by atoms with van der Waals surface area (Å²) >= 11 is 1.50. The van der Waals surface area contributed by atoms with Gasteiger partial charge in [0.15, 0.2) is 11.4 Å². The number of hydrogen-bond acceptors (Lipinski definition) is 8. The summed E-state index contributed by atoms with van der Waals surface area (Å²) in [5, 5.41) is 13.6. The standard InChI is InChI=1S/C33H22N6O3S/c40-19-25-18-39(26-6-2-1-3-7-26)38-30(25)31(41)23-14-10-21(11-15-23)22-12-16-24(17-13-22)32-37-36-29(42-32)20-43-33-34-27-8-4-5-9-28(27)35-33/h1-19H,20H2,(H,34,35). The normalized spacial score (nSPS) is 11.2. The number of thioether (sulfide) groups is 1. The van der Waals surface area contributed by atoms with E-state index < -0.39 is 0 Å². The minimum absolute atomic E-state index is 0.117. The van der Waals surface area contributed by atoms with Crippen molar-refractivity contribution in [3.8, 4) is 28.3 Å². The number of ketones is 1. The van der Waals surface area contributed by atoms with Crippen LogP contribution in [0.25, 0.3) is 39.3 Å². The molecule has 0 saturated heterocycles. The Hall–Kier alpha value is -5.61. The molecular formula is C33H22N6O3S. The Morgan fingerprint density at radius 3 is 2.28 bits per heavy atom.